The Kier molecular flexibility index (Phi) is 4.95. The van der Waals surface area contributed by atoms with Gasteiger partial charge in [0.25, 0.3) is 0 Å². The van der Waals surface area contributed by atoms with Crippen LogP contribution in [0.25, 0.3) is 0 Å². The summed E-state index contributed by atoms with van der Waals surface area (Å²) in [5.74, 6) is -4.79. The zero-order chi connectivity index (χ0) is 14.8. The predicted molar refractivity (Wildman–Crippen MR) is 65.8 cm³/mol. The van der Waals surface area contributed by atoms with Crippen LogP contribution in [0, 0.1) is 13.8 Å². The zero-order valence-corrected chi connectivity index (χ0v) is 11.7. The lowest BCUT2D eigenvalue weighted by Gasteiger charge is -2.29. The van der Waals surface area contributed by atoms with Gasteiger partial charge in [0.1, 0.15) is 6.04 Å². The van der Waals surface area contributed by atoms with E-state index in [1.54, 1.807) is 26.8 Å². The minimum Gasteiger partial charge on any atom is -0.304 e. The van der Waals surface area contributed by atoms with Gasteiger partial charge < -0.3 is 5.32 Å². The van der Waals surface area contributed by atoms with Crippen LogP contribution in [0.5, 0.6) is 0 Å². The highest BCUT2D eigenvalue weighted by atomic mass is 32.1. The Balaban J connectivity index is 3.18. The molecule has 0 fully saturated rings. The van der Waals surface area contributed by atoms with Crippen molar-refractivity contribution in [1.29, 1.82) is 0 Å². The van der Waals surface area contributed by atoms with Gasteiger partial charge in [-0.25, -0.2) is 0 Å². The molecule has 0 aromatic carbocycles. The molecular formula is C12H16F5NS. The lowest BCUT2D eigenvalue weighted by molar-refractivity contribution is -0.294. The van der Waals surface area contributed by atoms with E-state index in [4.69, 9.17) is 0 Å². The average Bonchev–Trinajstić information content (AvgIpc) is 2.56. The maximum atomic E-state index is 13.6. The molecule has 0 aliphatic rings. The number of alkyl halides is 5. The first-order valence-corrected chi connectivity index (χ1v) is 6.67. The Labute approximate surface area is 112 Å². The number of hydrogen-bond donors (Lipinski definition) is 1. The van der Waals surface area contributed by atoms with E-state index in [-0.39, 0.29) is 11.4 Å². The number of nitrogens with one attached hydrogen (secondary N) is 1. The Hall–Kier alpha value is -0.690. The van der Waals surface area contributed by atoms with Gasteiger partial charge in [-0.2, -0.15) is 22.0 Å². The summed E-state index contributed by atoms with van der Waals surface area (Å²) in [5.41, 5.74) is 0.458. The summed E-state index contributed by atoms with van der Waals surface area (Å²) in [5, 5.41) is 2.33. The summed E-state index contributed by atoms with van der Waals surface area (Å²) < 4.78 is 64.9. The van der Waals surface area contributed by atoms with Crippen molar-refractivity contribution in [3.63, 3.8) is 0 Å². The van der Waals surface area contributed by atoms with Crippen molar-refractivity contribution >= 4 is 11.3 Å². The lowest BCUT2D eigenvalue weighted by atomic mass is 10.0. The van der Waals surface area contributed by atoms with E-state index in [9.17, 15) is 22.0 Å². The monoisotopic (exact) mass is 301 g/mol. The number of rotatable bonds is 5. The van der Waals surface area contributed by atoms with Crippen molar-refractivity contribution in [1.82, 2.24) is 5.32 Å². The number of halogens is 5. The molecule has 1 aromatic rings. The van der Waals surface area contributed by atoms with Gasteiger partial charge in [-0.3, -0.25) is 0 Å². The molecule has 1 aromatic heterocycles. The Bertz CT molecular complexity index is 424. The van der Waals surface area contributed by atoms with Gasteiger partial charge in [-0.15, -0.1) is 11.3 Å². The molecule has 0 bridgehead atoms. The highest BCUT2D eigenvalue weighted by molar-refractivity contribution is 7.12. The molecule has 1 atom stereocenters. The smallest absolute Gasteiger partial charge is 0.304 e. The van der Waals surface area contributed by atoms with Gasteiger partial charge >= 0.3 is 12.1 Å². The van der Waals surface area contributed by atoms with Gasteiger partial charge in [0.05, 0.1) is 0 Å². The molecular weight excluding hydrogens is 285 g/mol. The largest absolute Gasteiger partial charge is 0.455 e. The molecule has 0 radical (unpaired) electrons. The summed E-state index contributed by atoms with van der Waals surface area (Å²) in [6.45, 7) is 5.05. The zero-order valence-electron chi connectivity index (χ0n) is 10.9. The second kappa shape index (κ2) is 5.75. The topological polar surface area (TPSA) is 12.0 Å². The highest BCUT2D eigenvalue weighted by Gasteiger charge is 2.63. The van der Waals surface area contributed by atoms with E-state index in [2.05, 4.69) is 5.32 Å². The van der Waals surface area contributed by atoms with Crippen molar-refractivity contribution in [2.75, 3.05) is 6.54 Å². The molecule has 1 N–H and O–H groups in total. The van der Waals surface area contributed by atoms with Crippen molar-refractivity contribution in [3.05, 3.63) is 21.4 Å². The van der Waals surface area contributed by atoms with E-state index in [0.717, 1.165) is 11.3 Å². The van der Waals surface area contributed by atoms with E-state index in [1.165, 1.54) is 0 Å². The van der Waals surface area contributed by atoms with E-state index in [0.29, 0.717) is 16.9 Å². The summed E-state index contributed by atoms with van der Waals surface area (Å²) in [6, 6.07) is -0.404. The quantitative estimate of drug-likeness (QED) is 0.784. The molecule has 1 heterocycles. The Morgan fingerprint density at radius 2 is 1.79 bits per heavy atom. The van der Waals surface area contributed by atoms with Crippen LogP contribution in [0.2, 0.25) is 0 Å². The van der Waals surface area contributed by atoms with Crippen LogP contribution in [0.15, 0.2) is 6.07 Å². The Morgan fingerprint density at radius 1 is 1.21 bits per heavy atom. The van der Waals surface area contributed by atoms with Crippen LogP contribution in [-0.4, -0.2) is 18.6 Å². The summed E-state index contributed by atoms with van der Waals surface area (Å²) in [7, 11) is 0. The van der Waals surface area contributed by atoms with Gasteiger partial charge in [-0.1, -0.05) is 6.92 Å². The molecule has 19 heavy (non-hydrogen) atoms. The first kappa shape index (κ1) is 16.4. The van der Waals surface area contributed by atoms with Crippen LogP contribution < -0.4 is 5.32 Å². The van der Waals surface area contributed by atoms with E-state index < -0.39 is 18.1 Å². The van der Waals surface area contributed by atoms with Crippen LogP contribution in [-0.2, 0) is 0 Å². The molecule has 0 aliphatic heterocycles. The summed E-state index contributed by atoms with van der Waals surface area (Å²) >= 11 is 0.973. The predicted octanol–water partition coefficient (Wildman–Crippen LogP) is 4.60. The third-order valence-electron chi connectivity index (χ3n) is 2.68. The fourth-order valence-electron chi connectivity index (χ4n) is 1.78. The molecule has 0 amide bonds. The first-order valence-electron chi connectivity index (χ1n) is 5.86. The minimum atomic E-state index is -5.57. The standard InChI is InChI=1S/C12H16F5NS/c1-4-5-18-10(11(13,14)12(15,16)17)9-7(2)6-8(3)19-9/h6,10,18H,4-5H2,1-3H3. The fraction of sp³-hybridized carbons (Fsp3) is 0.667. The molecule has 1 rings (SSSR count). The molecule has 0 saturated heterocycles. The molecule has 0 spiro atoms. The van der Waals surface area contributed by atoms with Gasteiger partial charge in [-0.05, 0) is 38.4 Å². The number of aryl methyl sites for hydroxylation is 2. The van der Waals surface area contributed by atoms with Crippen molar-refractivity contribution in [2.24, 2.45) is 0 Å². The molecule has 1 unspecified atom stereocenters. The Morgan fingerprint density at radius 3 is 2.16 bits per heavy atom. The van der Waals surface area contributed by atoms with Crippen LogP contribution >= 0.6 is 11.3 Å². The van der Waals surface area contributed by atoms with E-state index >= 15 is 0 Å². The van der Waals surface area contributed by atoms with Gasteiger partial charge in [0, 0.05) is 9.75 Å². The fourth-order valence-corrected chi connectivity index (χ4v) is 2.94. The van der Waals surface area contributed by atoms with Crippen LogP contribution in [0.1, 0.15) is 34.7 Å². The number of thiophene rings is 1. The SMILES string of the molecule is CCCNC(c1sc(C)cc1C)C(F)(F)C(F)(F)F. The second-order valence-corrected chi connectivity index (χ2v) is 5.70. The average molecular weight is 301 g/mol. The highest BCUT2D eigenvalue weighted by Crippen LogP contribution is 2.46. The van der Waals surface area contributed by atoms with Crippen molar-refractivity contribution in [3.8, 4) is 0 Å². The third-order valence-corrected chi connectivity index (χ3v) is 3.90. The first-order chi connectivity index (χ1) is 8.61. The minimum absolute atomic E-state index is 0.0493. The van der Waals surface area contributed by atoms with Crippen LogP contribution in [0.3, 0.4) is 0 Å². The van der Waals surface area contributed by atoms with Gasteiger partial charge in [0.15, 0.2) is 0 Å². The molecule has 7 heteroatoms. The maximum absolute atomic E-state index is 13.6. The lowest BCUT2D eigenvalue weighted by Crippen LogP contribution is -2.48. The molecule has 1 nitrogen and oxygen atoms in total. The summed E-state index contributed by atoms with van der Waals surface area (Å²) in [6.07, 6.45) is -5.09. The normalized spacial score (nSPS) is 14.7. The van der Waals surface area contributed by atoms with Gasteiger partial charge in [0.2, 0.25) is 0 Å². The van der Waals surface area contributed by atoms with Crippen LogP contribution in [0.4, 0.5) is 22.0 Å². The molecule has 0 saturated carbocycles. The molecule has 0 aliphatic carbocycles. The molecule has 110 valence electrons. The second-order valence-electron chi connectivity index (χ2n) is 4.41. The van der Waals surface area contributed by atoms with E-state index in [1.807, 2.05) is 0 Å². The van der Waals surface area contributed by atoms with Crippen molar-refractivity contribution < 1.29 is 22.0 Å². The summed E-state index contributed by atoms with van der Waals surface area (Å²) in [4.78, 5) is 0.766. The maximum Gasteiger partial charge on any atom is 0.455 e. The van der Waals surface area contributed by atoms with Crippen molar-refractivity contribution in [2.45, 2.75) is 45.3 Å². The third kappa shape index (κ3) is 3.45. The number of hydrogen-bond acceptors (Lipinski definition) is 2.